The van der Waals surface area contributed by atoms with Crippen LogP contribution in [0.3, 0.4) is 0 Å². The van der Waals surface area contributed by atoms with E-state index in [0.717, 1.165) is 11.6 Å². The number of aromatic amines is 1. The third-order valence-electron chi connectivity index (χ3n) is 1.58. The van der Waals surface area contributed by atoms with Crippen molar-refractivity contribution in [3.05, 3.63) is 11.1 Å². The summed E-state index contributed by atoms with van der Waals surface area (Å²) in [5, 5.41) is 7.47. The normalized spacial score (nSPS) is 13.2. The average molecular weight is 206 g/mol. The fourth-order valence-corrected chi connectivity index (χ4v) is 1.63. The van der Waals surface area contributed by atoms with E-state index < -0.39 is 0 Å². The molecule has 0 saturated heterocycles. The summed E-state index contributed by atoms with van der Waals surface area (Å²) in [6.07, 6.45) is 1.17. The molecule has 0 radical (unpaired) electrons. The molecule has 1 N–H and O–H groups in total. The maximum absolute atomic E-state index is 5.55. The highest BCUT2D eigenvalue weighted by molar-refractivity contribution is 7.99. The van der Waals surface area contributed by atoms with Crippen molar-refractivity contribution in [1.82, 2.24) is 15.2 Å². The van der Waals surface area contributed by atoms with E-state index in [4.69, 9.17) is 11.6 Å². The third kappa shape index (κ3) is 3.03. The summed E-state index contributed by atoms with van der Waals surface area (Å²) in [5.74, 6) is 1.71. The Kier molecular flexibility index (Phi) is 3.88. The fourth-order valence-electron chi connectivity index (χ4n) is 0.676. The van der Waals surface area contributed by atoms with Crippen LogP contribution in [0, 0.1) is 0 Å². The number of hydrogen-bond acceptors (Lipinski definition) is 3. The largest absolute Gasteiger partial charge is 0.261 e. The highest BCUT2D eigenvalue weighted by Gasteiger charge is 2.03. The molecule has 1 rings (SSSR count). The summed E-state index contributed by atoms with van der Waals surface area (Å²) in [5.41, 5.74) is 0. The smallest absolute Gasteiger partial charge is 0.242 e. The number of thioether (sulfide) groups is 1. The Morgan fingerprint density at radius 2 is 2.42 bits per heavy atom. The van der Waals surface area contributed by atoms with E-state index in [2.05, 4.69) is 29.0 Å². The van der Waals surface area contributed by atoms with Crippen LogP contribution in [0.2, 0.25) is 5.28 Å². The second kappa shape index (κ2) is 4.72. The molecule has 0 aliphatic rings. The standard InChI is InChI=1S/C7H12ClN3S/c1-3-5(2)12-4-6-9-7(8)11-10-6/h5H,3-4H2,1-2H3,(H,9,10,11). The molecule has 1 aromatic heterocycles. The predicted molar refractivity (Wildman–Crippen MR) is 52.4 cm³/mol. The zero-order valence-corrected chi connectivity index (χ0v) is 8.74. The van der Waals surface area contributed by atoms with Crippen molar-refractivity contribution in [2.75, 3.05) is 0 Å². The van der Waals surface area contributed by atoms with E-state index in [1.54, 1.807) is 0 Å². The first-order valence-corrected chi connectivity index (χ1v) is 5.33. The van der Waals surface area contributed by atoms with Gasteiger partial charge in [0.15, 0.2) is 0 Å². The zero-order chi connectivity index (χ0) is 8.97. The summed E-state index contributed by atoms with van der Waals surface area (Å²) in [6.45, 7) is 4.37. The molecule has 0 bridgehead atoms. The van der Waals surface area contributed by atoms with E-state index in [0.29, 0.717) is 10.5 Å². The Morgan fingerprint density at radius 1 is 1.67 bits per heavy atom. The van der Waals surface area contributed by atoms with Gasteiger partial charge in [0.1, 0.15) is 5.82 Å². The number of H-pyrrole nitrogens is 1. The molecule has 0 saturated carbocycles. The number of hydrogen-bond donors (Lipinski definition) is 1. The van der Waals surface area contributed by atoms with Gasteiger partial charge in [-0.2, -0.15) is 11.8 Å². The van der Waals surface area contributed by atoms with Crippen LogP contribution in [0.25, 0.3) is 0 Å². The van der Waals surface area contributed by atoms with Crippen LogP contribution >= 0.6 is 23.4 Å². The molecule has 0 aromatic carbocycles. The van der Waals surface area contributed by atoms with Crippen molar-refractivity contribution < 1.29 is 0 Å². The lowest BCUT2D eigenvalue weighted by molar-refractivity contribution is 0.901. The second-order valence-corrected chi connectivity index (χ2v) is 4.35. The maximum atomic E-state index is 5.55. The van der Waals surface area contributed by atoms with Gasteiger partial charge in [-0.15, -0.1) is 5.10 Å². The van der Waals surface area contributed by atoms with Crippen molar-refractivity contribution in [3.63, 3.8) is 0 Å². The molecule has 68 valence electrons. The summed E-state index contributed by atoms with van der Waals surface area (Å²) in [7, 11) is 0. The van der Waals surface area contributed by atoms with Crippen LogP contribution in [0.15, 0.2) is 0 Å². The van der Waals surface area contributed by atoms with Crippen LogP contribution in [0.1, 0.15) is 26.1 Å². The number of nitrogens with zero attached hydrogens (tertiary/aromatic N) is 2. The monoisotopic (exact) mass is 205 g/mol. The van der Waals surface area contributed by atoms with Gasteiger partial charge in [0.25, 0.3) is 0 Å². The maximum Gasteiger partial charge on any atom is 0.242 e. The minimum atomic E-state index is 0.301. The molecule has 0 amide bonds. The minimum absolute atomic E-state index is 0.301. The molecular weight excluding hydrogens is 194 g/mol. The lowest BCUT2D eigenvalue weighted by atomic mass is 10.4. The van der Waals surface area contributed by atoms with Crippen molar-refractivity contribution in [2.24, 2.45) is 0 Å². The van der Waals surface area contributed by atoms with E-state index >= 15 is 0 Å². The van der Waals surface area contributed by atoms with Gasteiger partial charge in [0.05, 0.1) is 5.75 Å². The molecule has 1 heterocycles. The SMILES string of the molecule is CCC(C)SCc1nc(Cl)n[nH]1. The summed E-state index contributed by atoms with van der Waals surface area (Å²) >= 11 is 7.40. The molecule has 0 aliphatic heterocycles. The minimum Gasteiger partial charge on any atom is -0.261 e. The number of halogens is 1. The Hall–Kier alpha value is -0.220. The first-order valence-electron chi connectivity index (χ1n) is 3.90. The van der Waals surface area contributed by atoms with Gasteiger partial charge >= 0.3 is 0 Å². The van der Waals surface area contributed by atoms with Gasteiger partial charge in [-0.1, -0.05) is 13.8 Å². The zero-order valence-electron chi connectivity index (χ0n) is 7.17. The summed E-state index contributed by atoms with van der Waals surface area (Å²) in [6, 6.07) is 0. The number of rotatable bonds is 4. The molecule has 5 heteroatoms. The van der Waals surface area contributed by atoms with Crippen LogP contribution < -0.4 is 0 Å². The van der Waals surface area contributed by atoms with Crippen molar-refractivity contribution in [2.45, 2.75) is 31.3 Å². The first-order chi connectivity index (χ1) is 5.72. The topological polar surface area (TPSA) is 41.6 Å². The highest BCUT2D eigenvalue weighted by atomic mass is 35.5. The Morgan fingerprint density at radius 3 is 2.92 bits per heavy atom. The van der Waals surface area contributed by atoms with Gasteiger partial charge in [0.2, 0.25) is 5.28 Å². The predicted octanol–water partition coefficient (Wildman–Crippen LogP) is 2.49. The van der Waals surface area contributed by atoms with Gasteiger partial charge in [-0.05, 0) is 18.0 Å². The molecule has 1 aromatic rings. The first kappa shape index (κ1) is 9.86. The van der Waals surface area contributed by atoms with Crippen LogP contribution in [-0.4, -0.2) is 20.4 Å². The molecule has 0 aliphatic carbocycles. The molecule has 3 nitrogen and oxygen atoms in total. The van der Waals surface area contributed by atoms with Gasteiger partial charge in [-0.3, -0.25) is 5.10 Å². The number of nitrogens with one attached hydrogen (secondary N) is 1. The molecule has 12 heavy (non-hydrogen) atoms. The average Bonchev–Trinajstić information content (AvgIpc) is 2.47. The summed E-state index contributed by atoms with van der Waals surface area (Å²) in [4.78, 5) is 3.99. The van der Waals surface area contributed by atoms with Crippen molar-refractivity contribution >= 4 is 23.4 Å². The van der Waals surface area contributed by atoms with Crippen molar-refractivity contribution in [1.29, 1.82) is 0 Å². The second-order valence-electron chi connectivity index (χ2n) is 2.58. The molecule has 0 fully saturated rings. The quantitative estimate of drug-likeness (QED) is 0.821. The lowest BCUT2D eigenvalue weighted by Gasteiger charge is -2.04. The van der Waals surface area contributed by atoms with E-state index in [9.17, 15) is 0 Å². The van der Waals surface area contributed by atoms with E-state index in [-0.39, 0.29) is 0 Å². The van der Waals surface area contributed by atoms with Gasteiger partial charge in [-0.25, -0.2) is 4.98 Å². The van der Waals surface area contributed by atoms with Gasteiger partial charge < -0.3 is 0 Å². The molecule has 1 unspecified atom stereocenters. The Balaban J connectivity index is 2.33. The molecule has 0 spiro atoms. The Bertz CT molecular complexity index is 238. The number of aromatic nitrogens is 3. The van der Waals surface area contributed by atoms with Crippen LogP contribution in [0.5, 0.6) is 0 Å². The highest BCUT2D eigenvalue weighted by Crippen LogP contribution is 2.17. The fraction of sp³-hybridized carbons (Fsp3) is 0.714. The van der Waals surface area contributed by atoms with Crippen LogP contribution in [0.4, 0.5) is 0 Å². The van der Waals surface area contributed by atoms with Crippen LogP contribution in [-0.2, 0) is 5.75 Å². The van der Waals surface area contributed by atoms with E-state index in [1.165, 1.54) is 6.42 Å². The van der Waals surface area contributed by atoms with Crippen molar-refractivity contribution in [3.8, 4) is 0 Å². The lowest BCUT2D eigenvalue weighted by Crippen LogP contribution is -1.94. The Labute approximate surface area is 81.3 Å². The third-order valence-corrected chi connectivity index (χ3v) is 3.10. The van der Waals surface area contributed by atoms with Gasteiger partial charge in [0, 0.05) is 5.25 Å². The molecular formula is C7H12ClN3S. The molecule has 1 atom stereocenters. The van der Waals surface area contributed by atoms with E-state index in [1.807, 2.05) is 11.8 Å². The summed E-state index contributed by atoms with van der Waals surface area (Å²) < 4.78 is 0.